The normalized spacial score (nSPS) is 22.0. The number of rotatable bonds is 4. The van der Waals surface area contributed by atoms with Crippen molar-refractivity contribution in [1.82, 2.24) is 0 Å². The molecule has 2 unspecified atom stereocenters. The quantitative estimate of drug-likeness (QED) is 0.749. The highest BCUT2D eigenvalue weighted by Gasteiger charge is 2.34. The maximum atomic E-state index is 11.5. The standard InChI is InChI=1S/C12H14O5/c1-7-3-8(7)5-17-12(14)10-4-9(6-16-10)11(13)15-2/h4,6-8H,3,5H2,1-2H3. The fourth-order valence-corrected chi connectivity index (χ4v) is 1.55. The summed E-state index contributed by atoms with van der Waals surface area (Å²) in [7, 11) is 1.27. The molecule has 2 rings (SSSR count). The Balaban J connectivity index is 1.90. The fraction of sp³-hybridized carbons (Fsp3) is 0.500. The summed E-state index contributed by atoms with van der Waals surface area (Å²) in [6.07, 6.45) is 2.28. The number of esters is 2. The number of hydrogen-bond acceptors (Lipinski definition) is 5. The highest BCUT2D eigenvalue weighted by atomic mass is 16.5. The van der Waals surface area contributed by atoms with E-state index >= 15 is 0 Å². The van der Waals surface area contributed by atoms with Gasteiger partial charge >= 0.3 is 11.9 Å². The number of carbonyl (C=O) groups excluding carboxylic acids is 2. The summed E-state index contributed by atoms with van der Waals surface area (Å²) in [5.74, 6) is 0.0422. The molecule has 1 aromatic rings. The molecule has 1 aliphatic rings. The molecule has 0 spiro atoms. The molecule has 0 amide bonds. The molecule has 0 saturated heterocycles. The Morgan fingerprint density at radius 2 is 2.18 bits per heavy atom. The van der Waals surface area contributed by atoms with Crippen LogP contribution in [0.4, 0.5) is 0 Å². The van der Waals surface area contributed by atoms with E-state index in [2.05, 4.69) is 11.7 Å². The summed E-state index contributed by atoms with van der Waals surface area (Å²) >= 11 is 0. The molecule has 1 saturated carbocycles. The molecule has 1 fully saturated rings. The van der Waals surface area contributed by atoms with E-state index in [4.69, 9.17) is 9.15 Å². The van der Waals surface area contributed by atoms with E-state index in [0.29, 0.717) is 18.4 Å². The van der Waals surface area contributed by atoms with Crippen LogP contribution < -0.4 is 0 Å². The van der Waals surface area contributed by atoms with E-state index in [1.807, 2.05) is 0 Å². The van der Waals surface area contributed by atoms with Gasteiger partial charge < -0.3 is 13.9 Å². The molecule has 1 aromatic heterocycles. The third kappa shape index (κ3) is 2.67. The molecule has 0 aromatic carbocycles. The predicted molar refractivity (Wildman–Crippen MR) is 57.6 cm³/mol. The van der Waals surface area contributed by atoms with E-state index in [0.717, 1.165) is 6.42 Å². The monoisotopic (exact) mass is 238 g/mol. The minimum atomic E-state index is -0.542. The molecule has 5 nitrogen and oxygen atoms in total. The number of carbonyl (C=O) groups is 2. The lowest BCUT2D eigenvalue weighted by atomic mass is 10.3. The summed E-state index contributed by atoms with van der Waals surface area (Å²) < 4.78 is 14.5. The molecule has 0 radical (unpaired) electrons. The summed E-state index contributed by atoms with van der Waals surface area (Å²) in [4.78, 5) is 22.7. The van der Waals surface area contributed by atoms with E-state index in [1.54, 1.807) is 0 Å². The number of methoxy groups -OCH3 is 1. The van der Waals surface area contributed by atoms with Crippen molar-refractivity contribution in [2.45, 2.75) is 13.3 Å². The van der Waals surface area contributed by atoms with Crippen LogP contribution in [0.3, 0.4) is 0 Å². The molecule has 2 atom stereocenters. The van der Waals surface area contributed by atoms with Crippen LogP contribution in [0, 0.1) is 11.8 Å². The summed E-state index contributed by atoms with van der Waals surface area (Å²) in [5, 5.41) is 0. The molecule has 0 N–H and O–H groups in total. The van der Waals surface area contributed by atoms with Crippen LogP contribution in [0.25, 0.3) is 0 Å². The van der Waals surface area contributed by atoms with Gasteiger partial charge in [-0.15, -0.1) is 0 Å². The van der Waals surface area contributed by atoms with Gasteiger partial charge in [0.05, 0.1) is 19.3 Å². The van der Waals surface area contributed by atoms with Crippen molar-refractivity contribution >= 4 is 11.9 Å². The predicted octanol–water partition coefficient (Wildman–Crippen LogP) is 1.88. The highest BCUT2D eigenvalue weighted by molar-refractivity contribution is 5.93. The third-order valence-electron chi connectivity index (χ3n) is 2.93. The molecule has 17 heavy (non-hydrogen) atoms. The van der Waals surface area contributed by atoms with Crippen molar-refractivity contribution in [3.63, 3.8) is 0 Å². The van der Waals surface area contributed by atoms with Crippen LogP contribution in [0.1, 0.15) is 34.3 Å². The SMILES string of the molecule is COC(=O)c1coc(C(=O)OCC2CC2C)c1. The molecule has 5 heteroatoms. The Labute approximate surface area is 98.7 Å². The molecule has 0 aliphatic heterocycles. The van der Waals surface area contributed by atoms with Gasteiger partial charge in [-0.1, -0.05) is 6.92 Å². The largest absolute Gasteiger partial charge is 0.465 e. The van der Waals surface area contributed by atoms with E-state index in [9.17, 15) is 9.59 Å². The first-order chi connectivity index (χ1) is 8.11. The second-order valence-corrected chi connectivity index (χ2v) is 4.26. The number of furan rings is 1. The number of hydrogen-bond donors (Lipinski definition) is 0. The maximum Gasteiger partial charge on any atom is 0.374 e. The molecule has 1 aliphatic carbocycles. The Kier molecular flexibility index (Phi) is 3.17. The lowest BCUT2D eigenvalue weighted by molar-refractivity contribution is 0.0444. The van der Waals surface area contributed by atoms with Crippen LogP contribution in [0.5, 0.6) is 0 Å². The smallest absolute Gasteiger partial charge is 0.374 e. The Hall–Kier alpha value is -1.78. The second-order valence-electron chi connectivity index (χ2n) is 4.26. The summed E-state index contributed by atoms with van der Waals surface area (Å²) in [5.41, 5.74) is 0.208. The summed E-state index contributed by atoms with van der Waals surface area (Å²) in [6.45, 7) is 2.52. The van der Waals surface area contributed by atoms with Gasteiger partial charge in [0.15, 0.2) is 0 Å². The zero-order valence-electron chi connectivity index (χ0n) is 9.76. The second kappa shape index (κ2) is 4.61. The van der Waals surface area contributed by atoms with Crippen molar-refractivity contribution in [3.8, 4) is 0 Å². The Bertz CT molecular complexity index is 434. The highest BCUT2D eigenvalue weighted by Crippen LogP contribution is 2.37. The topological polar surface area (TPSA) is 65.7 Å². The van der Waals surface area contributed by atoms with Crippen molar-refractivity contribution in [1.29, 1.82) is 0 Å². The van der Waals surface area contributed by atoms with Gasteiger partial charge in [-0.2, -0.15) is 0 Å². The van der Waals surface area contributed by atoms with Crippen molar-refractivity contribution in [2.75, 3.05) is 13.7 Å². The van der Waals surface area contributed by atoms with Crippen LogP contribution in [0.2, 0.25) is 0 Å². The molecular formula is C12H14O5. The van der Waals surface area contributed by atoms with E-state index in [1.165, 1.54) is 19.4 Å². The van der Waals surface area contributed by atoms with Crippen LogP contribution >= 0.6 is 0 Å². The maximum absolute atomic E-state index is 11.5. The first-order valence-electron chi connectivity index (χ1n) is 5.45. The van der Waals surface area contributed by atoms with E-state index in [-0.39, 0.29) is 11.3 Å². The first kappa shape index (κ1) is 11.7. The van der Waals surface area contributed by atoms with Gasteiger partial charge in [-0.3, -0.25) is 0 Å². The van der Waals surface area contributed by atoms with Gasteiger partial charge in [0.25, 0.3) is 0 Å². The minimum Gasteiger partial charge on any atom is -0.465 e. The van der Waals surface area contributed by atoms with Crippen molar-refractivity contribution < 1.29 is 23.5 Å². The Morgan fingerprint density at radius 3 is 2.76 bits per heavy atom. The van der Waals surface area contributed by atoms with Crippen molar-refractivity contribution in [2.24, 2.45) is 11.8 Å². The molecular weight excluding hydrogens is 224 g/mol. The number of ether oxygens (including phenoxy) is 2. The van der Waals surface area contributed by atoms with Gasteiger partial charge in [0.2, 0.25) is 5.76 Å². The van der Waals surface area contributed by atoms with Crippen molar-refractivity contribution in [3.05, 3.63) is 23.7 Å². The minimum absolute atomic E-state index is 0.0266. The third-order valence-corrected chi connectivity index (χ3v) is 2.93. The Morgan fingerprint density at radius 1 is 1.47 bits per heavy atom. The summed E-state index contributed by atoms with van der Waals surface area (Å²) in [6, 6.07) is 1.32. The van der Waals surface area contributed by atoms with Gasteiger partial charge in [-0.25, -0.2) is 9.59 Å². The lowest BCUT2D eigenvalue weighted by Crippen LogP contribution is -2.07. The van der Waals surface area contributed by atoms with Gasteiger partial charge in [-0.05, 0) is 18.3 Å². The molecule has 1 heterocycles. The average Bonchev–Trinajstić information content (AvgIpc) is 2.83. The first-order valence-corrected chi connectivity index (χ1v) is 5.45. The van der Waals surface area contributed by atoms with E-state index < -0.39 is 11.9 Å². The van der Waals surface area contributed by atoms with Crippen LogP contribution in [0.15, 0.2) is 16.7 Å². The van der Waals surface area contributed by atoms with Crippen LogP contribution in [-0.4, -0.2) is 25.7 Å². The zero-order chi connectivity index (χ0) is 12.4. The molecule has 0 bridgehead atoms. The van der Waals surface area contributed by atoms with Crippen LogP contribution in [-0.2, 0) is 9.47 Å². The fourth-order valence-electron chi connectivity index (χ4n) is 1.55. The zero-order valence-corrected chi connectivity index (χ0v) is 9.76. The average molecular weight is 238 g/mol. The lowest BCUT2D eigenvalue weighted by Gasteiger charge is -2.00. The van der Waals surface area contributed by atoms with Gasteiger partial charge in [0, 0.05) is 6.07 Å². The molecule has 92 valence electrons. The van der Waals surface area contributed by atoms with Gasteiger partial charge in [0.1, 0.15) is 6.26 Å².